The van der Waals surface area contributed by atoms with Crippen LogP contribution in [0.3, 0.4) is 0 Å². The van der Waals surface area contributed by atoms with Gasteiger partial charge in [-0.25, -0.2) is 9.59 Å². The summed E-state index contributed by atoms with van der Waals surface area (Å²) in [6, 6.07) is 15.8. The number of rotatable bonds is 7. The monoisotopic (exact) mass is 692 g/mol. The van der Waals surface area contributed by atoms with Crippen LogP contribution in [0.4, 0.5) is 0 Å². The summed E-state index contributed by atoms with van der Waals surface area (Å²) in [5.74, 6) is -8.26. The summed E-state index contributed by atoms with van der Waals surface area (Å²) < 4.78 is 24.1. The minimum Gasteiger partial charge on any atom is -0.458 e. The molecule has 11 atom stereocenters. The third-order valence-corrected chi connectivity index (χ3v) is 11.2. The molecular weight excluding hydrogens is 648 g/mol. The Kier molecular flexibility index (Phi) is 9.63. The third kappa shape index (κ3) is 5.72. The smallest absolute Gasteiger partial charge is 0.338 e. The Bertz CT molecular complexity index is 1670. The van der Waals surface area contributed by atoms with Gasteiger partial charge in [0, 0.05) is 30.6 Å². The Morgan fingerprint density at radius 1 is 0.760 bits per heavy atom. The molecule has 268 valence electrons. The summed E-state index contributed by atoms with van der Waals surface area (Å²) in [6.07, 6.45) is -6.84. The Labute approximate surface area is 290 Å². The number of hydrogen-bond donors (Lipinski definition) is 3. The molecule has 0 spiro atoms. The van der Waals surface area contributed by atoms with Crippen molar-refractivity contribution >= 4 is 29.7 Å². The highest BCUT2D eigenvalue weighted by molar-refractivity contribution is 5.98. The Hall–Kier alpha value is -4.39. The first-order chi connectivity index (χ1) is 23.3. The van der Waals surface area contributed by atoms with E-state index in [2.05, 4.69) is 6.58 Å². The number of aliphatic hydroxyl groups is 3. The Balaban J connectivity index is 1.81. The normalized spacial score (nSPS) is 37.3. The van der Waals surface area contributed by atoms with Crippen LogP contribution in [0.1, 0.15) is 68.7 Å². The summed E-state index contributed by atoms with van der Waals surface area (Å²) in [5.41, 5.74) is -7.86. The molecule has 0 amide bonds. The van der Waals surface area contributed by atoms with Gasteiger partial charge in [-0.1, -0.05) is 63.2 Å². The molecule has 12 heteroatoms. The van der Waals surface area contributed by atoms with Crippen molar-refractivity contribution < 1.29 is 58.2 Å². The maximum Gasteiger partial charge on any atom is 0.338 e. The minimum absolute atomic E-state index is 0.118. The molecule has 5 rings (SSSR count). The van der Waals surface area contributed by atoms with Gasteiger partial charge in [0.25, 0.3) is 0 Å². The molecule has 0 saturated heterocycles. The average Bonchev–Trinajstić information content (AvgIpc) is 3.05. The fourth-order valence-electron chi connectivity index (χ4n) is 9.09. The molecule has 3 fully saturated rings. The Morgan fingerprint density at radius 3 is 1.74 bits per heavy atom. The molecule has 0 radical (unpaired) electrons. The molecule has 0 heterocycles. The number of carbonyl (C=O) groups excluding carboxylic acids is 5. The highest BCUT2D eigenvalue weighted by Gasteiger charge is 2.79. The van der Waals surface area contributed by atoms with Crippen LogP contribution in [0.25, 0.3) is 0 Å². The van der Waals surface area contributed by atoms with Crippen LogP contribution >= 0.6 is 0 Å². The number of Topliss-reactive ketones (excluding diaryl/α,β-unsaturated/α-hetero) is 1. The van der Waals surface area contributed by atoms with Crippen LogP contribution in [0.15, 0.2) is 73.3 Å². The number of aliphatic hydroxyl groups excluding tert-OH is 1. The van der Waals surface area contributed by atoms with Gasteiger partial charge >= 0.3 is 23.9 Å². The van der Waals surface area contributed by atoms with E-state index in [1.807, 2.05) is 0 Å². The zero-order valence-electron chi connectivity index (χ0n) is 28.9. The third-order valence-electron chi connectivity index (χ3n) is 11.2. The lowest BCUT2D eigenvalue weighted by molar-refractivity contribution is -0.320. The largest absolute Gasteiger partial charge is 0.458 e. The van der Waals surface area contributed by atoms with Gasteiger partial charge in [0.05, 0.1) is 23.1 Å². The number of esters is 4. The molecule has 50 heavy (non-hydrogen) atoms. The van der Waals surface area contributed by atoms with E-state index >= 15 is 0 Å². The average molecular weight is 693 g/mol. The number of ketones is 1. The molecule has 3 aliphatic carbocycles. The highest BCUT2D eigenvalue weighted by Crippen LogP contribution is 2.67. The summed E-state index contributed by atoms with van der Waals surface area (Å²) in [7, 11) is 0. The van der Waals surface area contributed by atoms with Crippen molar-refractivity contribution in [1.29, 1.82) is 0 Å². The number of benzene rings is 2. The van der Waals surface area contributed by atoms with E-state index in [9.17, 15) is 39.3 Å². The first-order valence-corrected chi connectivity index (χ1v) is 16.5. The van der Waals surface area contributed by atoms with E-state index in [-0.39, 0.29) is 17.5 Å². The van der Waals surface area contributed by atoms with Crippen molar-refractivity contribution in [2.24, 2.45) is 28.6 Å². The number of carbonyl (C=O) groups is 5. The van der Waals surface area contributed by atoms with Crippen molar-refractivity contribution in [2.75, 3.05) is 0 Å². The SMILES string of the molecule is C=C[C@H]1[C@@H](OC(=O)c2ccccc2)[C@H]2[C@](O)(C(=O)[C@@]1(C)O)[C@H](O)C[C@H]1C(C)(C)[C@H](OC(C)=O)[C@H](OC(C)=O)[C@H](OC(=O)c3ccccc3)[C@@]12C. The van der Waals surface area contributed by atoms with E-state index in [1.165, 1.54) is 37.3 Å². The van der Waals surface area contributed by atoms with Crippen molar-refractivity contribution in [3.05, 3.63) is 84.4 Å². The predicted octanol–water partition coefficient (Wildman–Crippen LogP) is 3.21. The first-order valence-electron chi connectivity index (χ1n) is 16.5. The van der Waals surface area contributed by atoms with E-state index < -0.39 is 100.0 Å². The van der Waals surface area contributed by atoms with Gasteiger partial charge in [0.2, 0.25) is 0 Å². The van der Waals surface area contributed by atoms with Gasteiger partial charge < -0.3 is 34.3 Å². The van der Waals surface area contributed by atoms with Crippen LogP contribution in [0.2, 0.25) is 0 Å². The van der Waals surface area contributed by atoms with Crippen molar-refractivity contribution in [2.45, 2.75) is 89.7 Å². The molecule has 0 bridgehead atoms. The zero-order valence-corrected chi connectivity index (χ0v) is 28.9. The predicted molar refractivity (Wildman–Crippen MR) is 176 cm³/mol. The lowest BCUT2D eigenvalue weighted by atomic mass is 9.38. The second kappa shape index (κ2) is 13.1. The summed E-state index contributed by atoms with van der Waals surface area (Å²) in [4.78, 5) is 67.4. The van der Waals surface area contributed by atoms with Crippen molar-refractivity contribution in [1.82, 2.24) is 0 Å². The number of fused-ring (bicyclic) bond motifs is 3. The number of ether oxygens (including phenoxy) is 4. The summed E-state index contributed by atoms with van der Waals surface area (Å²) in [5, 5.41) is 36.2. The second-order valence-corrected chi connectivity index (χ2v) is 14.6. The van der Waals surface area contributed by atoms with Gasteiger partial charge in [0.15, 0.2) is 17.5 Å². The minimum atomic E-state index is -2.79. The topological polar surface area (TPSA) is 183 Å². The molecule has 0 unspecified atom stereocenters. The molecule has 0 aliphatic heterocycles. The second-order valence-electron chi connectivity index (χ2n) is 14.6. The van der Waals surface area contributed by atoms with Crippen molar-refractivity contribution in [3.63, 3.8) is 0 Å². The fourth-order valence-corrected chi connectivity index (χ4v) is 9.09. The van der Waals surface area contributed by atoms with Crippen LogP contribution in [0, 0.1) is 28.6 Å². The van der Waals surface area contributed by atoms with Gasteiger partial charge in [-0.15, -0.1) is 6.58 Å². The molecule has 2 aromatic rings. The van der Waals surface area contributed by atoms with Gasteiger partial charge in [-0.3, -0.25) is 14.4 Å². The molecule has 0 aromatic heterocycles. The van der Waals surface area contributed by atoms with Crippen LogP contribution in [0.5, 0.6) is 0 Å². The molecule has 3 aliphatic rings. The summed E-state index contributed by atoms with van der Waals surface area (Å²) in [6.45, 7) is 12.3. The first kappa shape index (κ1) is 36.9. The quantitative estimate of drug-likeness (QED) is 0.219. The molecular formula is C38H44O12. The zero-order chi connectivity index (χ0) is 37.0. The van der Waals surface area contributed by atoms with Crippen LogP contribution in [-0.2, 0) is 33.3 Å². The lowest BCUT2D eigenvalue weighted by Gasteiger charge is -2.69. The molecule has 2 aromatic carbocycles. The van der Waals surface area contributed by atoms with Gasteiger partial charge in [-0.2, -0.15) is 0 Å². The van der Waals surface area contributed by atoms with Gasteiger partial charge in [0.1, 0.15) is 23.9 Å². The lowest BCUT2D eigenvalue weighted by Crippen LogP contribution is -2.83. The van der Waals surface area contributed by atoms with Crippen LogP contribution < -0.4 is 0 Å². The molecule has 3 saturated carbocycles. The van der Waals surface area contributed by atoms with E-state index in [0.717, 1.165) is 13.8 Å². The van der Waals surface area contributed by atoms with E-state index in [4.69, 9.17) is 18.9 Å². The van der Waals surface area contributed by atoms with E-state index in [0.29, 0.717) is 0 Å². The molecule has 3 N–H and O–H groups in total. The number of hydrogen-bond acceptors (Lipinski definition) is 12. The maximum atomic E-state index is 14.4. The van der Waals surface area contributed by atoms with Gasteiger partial charge in [-0.05, 0) is 43.5 Å². The Morgan fingerprint density at radius 2 is 1.26 bits per heavy atom. The standard InChI is InChI=1S/C38H44O12/c1-8-24-27(49-32(42)22-15-11-9-12-16-22)29-36(6)25(19-26(41)38(29,46)34(44)37(24,7)45)35(4,5)30(48-21(3)40)28(47-20(2)39)31(36)50-33(43)23-17-13-10-14-18-23/h8-18,24-31,41,45-46H,1,19H2,2-7H3/t24-,25-,26+,27+,28-,29+,30+,31-,36-,37-,38-/m0/s1. The summed E-state index contributed by atoms with van der Waals surface area (Å²) >= 11 is 0. The van der Waals surface area contributed by atoms with Crippen LogP contribution in [-0.4, -0.2) is 86.7 Å². The van der Waals surface area contributed by atoms with E-state index in [1.54, 1.807) is 57.2 Å². The fraction of sp³-hybridized carbons (Fsp3) is 0.500. The highest BCUT2D eigenvalue weighted by atomic mass is 16.6. The molecule has 12 nitrogen and oxygen atoms in total. The van der Waals surface area contributed by atoms with Crippen molar-refractivity contribution in [3.8, 4) is 0 Å². The maximum absolute atomic E-state index is 14.4.